The number of amides is 1. The number of rotatable bonds is 3. The van der Waals surface area contributed by atoms with Crippen molar-refractivity contribution < 1.29 is 13.2 Å². The fourth-order valence-corrected chi connectivity index (χ4v) is 2.04. The van der Waals surface area contributed by atoms with Crippen LogP contribution in [-0.4, -0.2) is 49.6 Å². The van der Waals surface area contributed by atoms with Crippen molar-refractivity contribution in [3.63, 3.8) is 0 Å². The Morgan fingerprint density at radius 1 is 1.20 bits per heavy atom. The second-order valence-corrected chi connectivity index (χ2v) is 4.78. The molecular weight excluding hydrogens is 227 g/mol. The van der Waals surface area contributed by atoms with Crippen molar-refractivity contribution in [2.45, 2.75) is 4.90 Å². The van der Waals surface area contributed by atoms with Gasteiger partial charge in [0, 0.05) is 5.69 Å². The number of primary amides is 1. The van der Waals surface area contributed by atoms with Crippen LogP contribution in [0.2, 0.25) is 0 Å². The Hall–Kier alpha value is -0.560. The van der Waals surface area contributed by atoms with Gasteiger partial charge in [-0.3, -0.25) is 4.79 Å². The van der Waals surface area contributed by atoms with Crippen molar-refractivity contribution >= 4 is 51.0 Å². The Balaban J connectivity index is 0.00000196. The quantitative estimate of drug-likeness (QED) is 0.514. The summed E-state index contributed by atoms with van der Waals surface area (Å²) in [6, 6.07) is 5.59. The maximum absolute atomic E-state index is 11.4. The van der Waals surface area contributed by atoms with Gasteiger partial charge in [-0.2, -0.15) is 0 Å². The molecule has 0 saturated heterocycles. The third-order valence-electron chi connectivity index (χ3n) is 1.57. The third-order valence-corrected chi connectivity index (χ3v) is 3.23. The normalized spacial score (nSPS) is 10.4. The van der Waals surface area contributed by atoms with E-state index >= 15 is 0 Å². The summed E-state index contributed by atoms with van der Waals surface area (Å²) in [5.41, 5.74) is 10.6. The first-order chi connectivity index (χ1) is 6.42. The van der Waals surface area contributed by atoms with E-state index in [9.17, 15) is 13.2 Å². The second-order valence-electron chi connectivity index (χ2n) is 2.79. The first-order valence-corrected chi connectivity index (χ1v) is 5.43. The average Bonchev–Trinajstić information content (AvgIpc) is 2.02. The van der Waals surface area contributed by atoms with Gasteiger partial charge in [0.1, 0.15) is 5.75 Å². The van der Waals surface area contributed by atoms with Crippen LogP contribution in [0.15, 0.2) is 29.2 Å². The molecule has 1 aromatic carbocycles. The Labute approximate surface area is 110 Å². The Bertz CT molecular complexity index is 441. The van der Waals surface area contributed by atoms with Gasteiger partial charge in [0.2, 0.25) is 5.91 Å². The number of nitrogen functional groups attached to an aromatic ring is 1. The van der Waals surface area contributed by atoms with Crippen LogP contribution in [0.3, 0.4) is 0 Å². The van der Waals surface area contributed by atoms with Gasteiger partial charge in [0.25, 0.3) is 0 Å². The van der Waals surface area contributed by atoms with E-state index < -0.39 is 21.5 Å². The Morgan fingerprint density at radius 3 is 2.07 bits per heavy atom. The summed E-state index contributed by atoms with van der Waals surface area (Å²) in [5.74, 6) is -1.56. The van der Waals surface area contributed by atoms with Crippen LogP contribution >= 0.6 is 0 Å². The zero-order chi connectivity index (χ0) is 10.8. The van der Waals surface area contributed by atoms with E-state index in [0.29, 0.717) is 5.69 Å². The molecule has 7 heteroatoms. The molecule has 0 aromatic heterocycles. The van der Waals surface area contributed by atoms with Crippen molar-refractivity contribution in [1.29, 1.82) is 0 Å². The van der Waals surface area contributed by atoms with E-state index in [0.717, 1.165) is 0 Å². The SMILES string of the molecule is NC(=O)CS(=O)(=O)c1ccc(N)cc1.[NaH]. The summed E-state index contributed by atoms with van der Waals surface area (Å²) in [7, 11) is -3.61. The number of nitrogens with two attached hydrogens (primary N) is 2. The topological polar surface area (TPSA) is 103 Å². The van der Waals surface area contributed by atoms with E-state index in [1.165, 1.54) is 24.3 Å². The number of hydrogen-bond donors (Lipinski definition) is 2. The van der Waals surface area contributed by atoms with Gasteiger partial charge in [-0.25, -0.2) is 8.42 Å². The van der Waals surface area contributed by atoms with Gasteiger partial charge in [0.15, 0.2) is 9.84 Å². The van der Waals surface area contributed by atoms with Gasteiger partial charge in [-0.15, -0.1) is 0 Å². The first kappa shape index (κ1) is 14.4. The standard InChI is InChI=1S/C8H10N2O3S.Na.H/c9-6-1-3-7(4-2-6)14(12,13)5-8(10)11;;/h1-4H,5,9H2,(H2,10,11);;. The second kappa shape index (κ2) is 5.50. The van der Waals surface area contributed by atoms with Crippen molar-refractivity contribution in [2.75, 3.05) is 11.5 Å². The zero-order valence-corrected chi connectivity index (χ0v) is 8.12. The molecule has 0 aliphatic rings. The molecule has 1 amide bonds. The molecule has 0 saturated carbocycles. The first-order valence-electron chi connectivity index (χ1n) is 3.78. The number of carbonyl (C=O) groups is 1. The van der Waals surface area contributed by atoms with Crippen molar-refractivity contribution in [3.8, 4) is 0 Å². The van der Waals surface area contributed by atoms with Crippen molar-refractivity contribution in [2.24, 2.45) is 5.73 Å². The number of hydrogen-bond acceptors (Lipinski definition) is 4. The molecular formula is C8H11N2NaO3S. The minimum atomic E-state index is -3.61. The van der Waals surface area contributed by atoms with E-state index in [-0.39, 0.29) is 34.5 Å². The van der Waals surface area contributed by atoms with Crippen molar-refractivity contribution in [1.82, 2.24) is 0 Å². The minimum absolute atomic E-state index is 0. The van der Waals surface area contributed by atoms with E-state index in [1.807, 2.05) is 0 Å². The fraction of sp³-hybridized carbons (Fsp3) is 0.125. The van der Waals surface area contributed by atoms with E-state index in [1.54, 1.807) is 0 Å². The molecule has 0 aliphatic carbocycles. The monoisotopic (exact) mass is 238 g/mol. The van der Waals surface area contributed by atoms with Crippen LogP contribution in [0, 0.1) is 0 Å². The van der Waals surface area contributed by atoms with Gasteiger partial charge >= 0.3 is 29.6 Å². The van der Waals surface area contributed by atoms with Gasteiger partial charge < -0.3 is 11.5 Å². The number of anilines is 1. The van der Waals surface area contributed by atoms with Crippen LogP contribution in [0.5, 0.6) is 0 Å². The van der Waals surface area contributed by atoms with Gasteiger partial charge in [-0.05, 0) is 24.3 Å². The Morgan fingerprint density at radius 2 is 1.67 bits per heavy atom. The molecule has 5 nitrogen and oxygen atoms in total. The summed E-state index contributed by atoms with van der Waals surface area (Å²) >= 11 is 0. The van der Waals surface area contributed by atoms with Gasteiger partial charge in [0.05, 0.1) is 4.90 Å². The molecule has 0 radical (unpaired) electrons. The molecule has 0 spiro atoms. The molecule has 0 heterocycles. The summed E-state index contributed by atoms with van der Waals surface area (Å²) < 4.78 is 22.8. The molecule has 0 aliphatic heterocycles. The molecule has 0 bridgehead atoms. The summed E-state index contributed by atoms with van der Waals surface area (Å²) in [6.45, 7) is 0. The maximum atomic E-state index is 11.4. The number of benzene rings is 1. The molecule has 1 aromatic rings. The van der Waals surface area contributed by atoms with E-state index in [2.05, 4.69) is 0 Å². The molecule has 0 unspecified atom stereocenters. The summed E-state index contributed by atoms with van der Waals surface area (Å²) in [4.78, 5) is 10.5. The zero-order valence-electron chi connectivity index (χ0n) is 7.30. The van der Waals surface area contributed by atoms with Crippen LogP contribution in [0.4, 0.5) is 5.69 Å². The fourth-order valence-electron chi connectivity index (χ4n) is 0.946. The summed E-state index contributed by atoms with van der Waals surface area (Å²) in [6.07, 6.45) is 0. The van der Waals surface area contributed by atoms with Crippen LogP contribution in [-0.2, 0) is 14.6 Å². The van der Waals surface area contributed by atoms with E-state index in [4.69, 9.17) is 11.5 Å². The third kappa shape index (κ3) is 4.21. The van der Waals surface area contributed by atoms with Gasteiger partial charge in [-0.1, -0.05) is 0 Å². The van der Waals surface area contributed by atoms with Crippen LogP contribution in [0.1, 0.15) is 0 Å². The number of sulfone groups is 1. The summed E-state index contributed by atoms with van der Waals surface area (Å²) in [5, 5.41) is 0. The number of carbonyl (C=O) groups excluding carboxylic acids is 1. The molecule has 78 valence electrons. The molecule has 15 heavy (non-hydrogen) atoms. The predicted molar refractivity (Wildman–Crippen MR) is 59.3 cm³/mol. The Kier molecular flexibility index (Phi) is 5.30. The van der Waals surface area contributed by atoms with Crippen LogP contribution in [0.25, 0.3) is 0 Å². The average molecular weight is 238 g/mol. The molecule has 1 rings (SSSR count). The molecule has 4 N–H and O–H groups in total. The molecule has 0 atom stereocenters. The predicted octanol–water partition coefficient (Wildman–Crippen LogP) is -1.12. The van der Waals surface area contributed by atoms with Crippen LogP contribution < -0.4 is 11.5 Å². The van der Waals surface area contributed by atoms with Crippen molar-refractivity contribution in [3.05, 3.63) is 24.3 Å². The molecule has 0 fully saturated rings.